The summed E-state index contributed by atoms with van der Waals surface area (Å²) in [6.07, 6.45) is 2.50. The van der Waals surface area contributed by atoms with Crippen LogP contribution in [-0.2, 0) is 0 Å². The molecule has 1 saturated carbocycles. The summed E-state index contributed by atoms with van der Waals surface area (Å²) >= 11 is 0. The number of rotatable bonds is 1. The maximum atomic E-state index is 4.82. The molecule has 0 saturated heterocycles. The van der Waals surface area contributed by atoms with E-state index in [4.69, 9.17) is 4.98 Å². The van der Waals surface area contributed by atoms with Crippen LogP contribution in [0.5, 0.6) is 0 Å². The van der Waals surface area contributed by atoms with Gasteiger partial charge in [0.25, 0.3) is 0 Å². The van der Waals surface area contributed by atoms with Crippen LogP contribution in [0.1, 0.15) is 35.8 Å². The summed E-state index contributed by atoms with van der Waals surface area (Å²) in [4.78, 5) is 4.82. The van der Waals surface area contributed by atoms with Crippen LogP contribution in [0.3, 0.4) is 0 Å². The molecule has 4 rings (SSSR count). The van der Waals surface area contributed by atoms with Crippen LogP contribution in [0.15, 0.2) is 24.3 Å². The molecule has 3 nitrogen and oxygen atoms in total. The molecule has 1 aromatic carbocycles. The third-order valence-electron chi connectivity index (χ3n) is 3.65. The van der Waals surface area contributed by atoms with E-state index in [0.29, 0.717) is 5.92 Å². The smallest absolute Gasteiger partial charge is 0.134 e. The lowest BCUT2D eigenvalue weighted by atomic mass is 10.1. The first-order valence-corrected chi connectivity index (χ1v) is 6.49. The number of fused-ring (bicyclic) bond motifs is 3. The molecule has 2 heterocycles. The van der Waals surface area contributed by atoms with Gasteiger partial charge in [-0.15, -0.1) is 0 Å². The monoisotopic (exact) mass is 237 g/mol. The predicted octanol–water partition coefficient (Wildman–Crippen LogP) is 3.38. The van der Waals surface area contributed by atoms with Crippen LogP contribution in [0, 0.1) is 13.8 Å². The van der Waals surface area contributed by atoms with E-state index in [1.807, 2.05) is 6.92 Å². The van der Waals surface area contributed by atoms with Crippen molar-refractivity contribution in [1.82, 2.24) is 14.6 Å². The average Bonchev–Trinajstić information content (AvgIpc) is 3.10. The zero-order chi connectivity index (χ0) is 12.3. The zero-order valence-electron chi connectivity index (χ0n) is 10.6. The van der Waals surface area contributed by atoms with Crippen LogP contribution in [0.4, 0.5) is 0 Å². The van der Waals surface area contributed by atoms with E-state index in [2.05, 4.69) is 40.8 Å². The molecule has 3 heteroatoms. The van der Waals surface area contributed by atoms with Gasteiger partial charge >= 0.3 is 0 Å². The van der Waals surface area contributed by atoms with Gasteiger partial charge in [0.2, 0.25) is 0 Å². The van der Waals surface area contributed by atoms with Gasteiger partial charge in [0.1, 0.15) is 5.82 Å². The molecule has 0 bridgehead atoms. The quantitative estimate of drug-likeness (QED) is 0.649. The first kappa shape index (κ1) is 10.1. The Kier molecular flexibility index (Phi) is 1.85. The van der Waals surface area contributed by atoms with E-state index in [1.165, 1.54) is 29.3 Å². The van der Waals surface area contributed by atoms with E-state index >= 15 is 0 Å². The molecular weight excluding hydrogens is 222 g/mol. The molecule has 0 unspecified atom stereocenters. The van der Waals surface area contributed by atoms with Gasteiger partial charge in [0, 0.05) is 11.3 Å². The molecule has 1 aliphatic rings. The summed E-state index contributed by atoms with van der Waals surface area (Å²) in [7, 11) is 0. The summed E-state index contributed by atoms with van der Waals surface area (Å²) in [5.74, 6) is 1.74. The number of benzene rings is 1. The van der Waals surface area contributed by atoms with Gasteiger partial charge in [-0.05, 0) is 44.9 Å². The number of hydrogen-bond acceptors (Lipinski definition) is 2. The number of aromatic nitrogens is 3. The van der Waals surface area contributed by atoms with Crippen LogP contribution in [0.2, 0.25) is 0 Å². The molecule has 3 aromatic rings. The summed E-state index contributed by atoms with van der Waals surface area (Å²) < 4.78 is 2.05. The number of nitrogens with zero attached hydrogens (tertiary/aromatic N) is 3. The van der Waals surface area contributed by atoms with Crippen molar-refractivity contribution >= 4 is 16.4 Å². The highest BCUT2D eigenvalue weighted by molar-refractivity contribution is 5.94. The molecule has 0 atom stereocenters. The van der Waals surface area contributed by atoms with Gasteiger partial charge in [0.05, 0.1) is 16.7 Å². The molecule has 18 heavy (non-hydrogen) atoms. The van der Waals surface area contributed by atoms with Crippen molar-refractivity contribution in [2.75, 3.05) is 0 Å². The summed E-state index contributed by atoms with van der Waals surface area (Å²) in [5.41, 5.74) is 4.62. The second-order valence-electron chi connectivity index (χ2n) is 5.35. The van der Waals surface area contributed by atoms with Crippen LogP contribution < -0.4 is 0 Å². The SMILES string of the molecule is Cc1ccc2nc(C3CC3)n3nc(C)cc3c2c1. The lowest BCUT2D eigenvalue weighted by Gasteiger charge is -2.07. The van der Waals surface area contributed by atoms with E-state index in [1.54, 1.807) is 0 Å². The molecule has 1 fully saturated rings. The molecule has 0 N–H and O–H groups in total. The fourth-order valence-corrected chi connectivity index (χ4v) is 2.60. The van der Waals surface area contributed by atoms with Gasteiger partial charge in [-0.1, -0.05) is 11.6 Å². The normalized spacial score (nSPS) is 15.7. The van der Waals surface area contributed by atoms with Gasteiger partial charge < -0.3 is 0 Å². The highest BCUT2D eigenvalue weighted by Crippen LogP contribution is 2.40. The number of aryl methyl sites for hydroxylation is 2. The Morgan fingerprint density at radius 3 is 2.78 bits per heavy atom. The molecule has 0 amide bonds. The van der Waals surface area contributed by atoms with Crippen LogP contribution in [0.25, 0.3) is 16.4 Å². The minimum absolute atomic E-state index is 0.609. The molecule has 2 aromatic heterocycles. The van der Waals surface area contributed by atoms with Crippen molar-refractivity contribution < 1.29 is 0 Å². The molecular formula is C15H15N3. The zero-order valence-corrected chi connectivity index (χ0v) is 10.6. The van der Waals surface area contributed by atoms with E-state index < -0.39 is 0 Å². The van der Waals surface area contributed by atoms with Gasteiger partial charge in [-0.25, -0.2) is 9.50 Å². The Morgan fingerprint density at radius 2 is 2.00 bits per heavy atom. The molecule has 0 aliphatic heterocycles. The fraction of sp³-hybridized carbons (Fsp3) is 0.333. The topological polar surface area (TPSA) is 30.2 Å². The van der Waals surface area contributed by atoms with Crippen molar-refractivity contribution in [3.63, 3.8) is 0 Å². The molecule has 1 aliphatic carbocycles. The van der Waals surface area contributed by atoms with Crippen molar-refractivity contribution in [2.45, 2.75) is 32.6 Å². The van der Waals surface area contributed by atoms with Crippen LogP contribution >= 0.6 is 0 Å². The third-order valence-corrected chi connectivity index (χ3v) is 3.65. The molecule has 0 spiro atoms. The Balaban J connectivity index is 2.19. The highest BCUT2D eigenvalue weighted by atomic mass is 15.3. The van der Waals surface area contributed by atoms with Crippen molar-refractivity contribution in [3.05, 3.63) is 41.3 Å². The summed E-state index contributed by atoms with van der Waals surface area (Å²) in [6.45, 7) is 4.17. The second kappa shape index (κ2) is 3.31. The third kappa shape index (κ3) is 1.37. The average molecular weight is 237 g/mol. The number of hydrogen-bond donors (Lipinski definition) is 0. The Labute approximate surface area is 105 Å². The highest BCUT2D eigenvalue weighted by Gasteiger charge is 2.28. The maximum Gasteiger partial charge on any atom is 0.134 e. The Bertz CT molecular complexity index is 766. The van der Waals surface area contributed by atoms with Crippen LogP contribution in [-0.4, -0.2) is 14.6 Å². The summed E-state index contributed by atoms with van der Waals surface area (Å²) in [6, 6.07) is 8.62. The minimum atomic E-state index is 0.609. The predicted molar refractivity (Wildman–Crippen MR) is 71.9 cm³/mol. The standard InChI is InChI=1S/C15H15N3/c1-9-3-6-13-12(7-9)14-8-10(2)17-18(14)15(16-13)11-4-5-11/h3,6-8,11H,4-5H2,1-2H3. The minimum Gasteiger partial charge on any atom is -0.233 e. The van der Waals surface area contributed by atoms with Gasteiger partial charge in [-0.2, -0.15) is 5.10 Å². The van der Waals surface area contributed by atoms with Gasteiger partial charge in [-0.3, -0.25) is 0 Å². The van der Waals surface area contributed by atoms with E-state index in [9.17, 15) is 0 Å². The first-order chi connectivity index (χ1) is 8.72. The Hall–Kier alpha value is -1.90. The van der Waals surface area contributed by atoms with Crippen molar-refractivity contribution in [2.24, 2.45) is 0 Å². The van der Waals surface area contributed by atoms with Gasteiger partial charge in [0.15, 0.2) is 0 Å². The first-order valence-electron chi connectivity index (χ1n) is 6.49. The van der Waals surface area contributed by atoms with Crippen molar-refractivity contribution in [3.8, 4) is 0 Å². The fourth-order valence-electron chi connectivity index (χ4n) is 2.60. The lowest BCUT2D eigenvalue weighted by molar-refractivity contribution is 0.805. The molecule has 90 valence electrons. The maximum absolute atomic E-state index is 4.82. The van der Waals surface area contributed by atoms with Crippen molar-refractivity contribution in [1.29, 1.82) is 0 Å². The molecule has 0 radical (unpaired) electrons. The lowest BCUT2D eigenvalue weighted by Crippen LogP contribution is -2.02. The van der Waals surface area contributed by atoms with E-state index in [-0.39, 0.29) is 0 Å². The Morgan fingerprint density at radius 1 is 1.17 bits per heavy atom. The van der Waals surface area contributed by atoms with E-state index in [0.717, 1.165) is 17.0 Å². The second-order valence-corrected chi connectivity index (χ2v) is 5.35. The summed E-state index contributed by atoms with van der Waals surface area (Å²) in [5, 5.41) is 5.82. The largest absolute Gasteiger partial charge is 0.233 e.